The molecule has 0 aliphatic rings. The van der Waals surface area contributed by atoms with Crippen molar-refractivity contribution in [2.75, 3.05) is 18.0 Å². The van der Waals surface area contributed by atoms with E-state index in [1.54, 1.807) is 13.8 Å². The van der Waals surface area contributed by atoms with Crippen LogP contribution in [0.5, 0.6) is 0 Å². The van der Waals surface area contributed by atoms with Crippen molar-refractivity contribution in [1.82, 2.24) is 10.3 Å². The molecule has 7 heteroatoms. The summed E-state index contributed by atoms with van der Waals surface area (Å²) in [6.07, 6.45) is -3.21. The zero-order valence-electron chi connectivity index (χ0n) is 13.2. The first-order valence-corrected chi connectivity index (χ1v) is 8.01. The second-order valence-corrected chi connectivity index (χ2v) is 6.47. The fourth-order valence-corrected chi connectivity index (χ4v) is 3.26. The van der Waals surface area contributed by atoms with E-state index < -0.39 is 12.7 Å². The summed E-state index contributed by atoms with van der Waals surface area (Å²) in [5.41, 5.74) is 0.805. The number of hydrogen-bond acceptors (Lipinski definition) is 4. The Hall–Kier alpha value is -0.820. The first kappa shape index (κ1) is 18.2. The van der Waals surface area contributed by atoms with Crippen LogP contribution in [0.15, 0.2) is 0 Å². The van der Waals surface area contributed by atoms with Crippen LogP contribution in [0.2, 0.25) is 0 Å². The molecule has 3 nitrogen and oxygen atoms in total. The lowest BCUT2D eigenvalue weighted by Gasteiger charge is -2.27. The molecular formula is C14H24F3N3S. The maximum absolute atomic E-state index is 12.7. The monoisotopic (exact) mass is 323 g/mol. The molecule has 1 aromatic rings. The van der Waals surface area contributed by atoms with E-state index in [-0.39, 0.29) is 12.1 Å². The van der Waals surface area contributed by atoms with E-state index in [1.807, 2.05) is 13.8 Å². The Morgan fingerprint density at radius 1 is 1.29 bits per heavy atom. The normalized spacial score (nSPS) is 13.8. The summed E-state index contributed by atoms with van der Waals surface area (Å²) in [6.45, 7) is 9.36. The lowest BCUT2D eigenvalue weighted by molar-refractivity contribution is -0.120. The number of aromatic nitrogens is 1. The van der Waals surface area contributed by atoms with Gasteiger partial charge < -0.3 is 10.2 Å². The molecule has 0 aliphatic heterocycles. The number of nitrogens with one attached hydrogen (secondary N) is 1. The largest absolute Gasteiger partial charge is 0.406 e. The highest BCUT2D eigenvalue weighted by Crippen LogP contribution is 2.33. The van der Waals surface area contributed by atoms with Gasteiger partial charge in [0.05, 0.1) is 5.69 Å². The summed E-state index contributed by atoms with van der Waals surface area (Å²) < 4.78 is 38.1. The van der Waals surface area contributed by atoms with Gasteiger partial charge in [-0.2, -0.15) is 13.2 Å². The second kappa shape index (κ2) is 7.45. The molecule has 0 saturated carbocycles. The van der Waals surface area contributed by atoms with E-state index in [0.717, 1.165) is 23.5 Å². The molecule has 21 heavy (non-hydrogen) atoms. The summed E-state index contributed by atoms with van der Waals surface area (Å²) >= 11 is 1.35. The Bertz CT molecular complexity index is 443. The van der Waals surface area contributed by atoms with Crippen molar-refractivity contribution in [1.29, 1.82) is 0 Å². The number of anilines is 1. The van der Waals surface area contributed by atoms with Crippen molar-refractivity contribution in [2.45, 2.75) is 59.3 Å². The molecular weight excluding hydrogens is 299 g/mol. The van der Waals surface area contributed by atoms with Crippen LogP contribution in [-0.2, 0) is 0 Å². The highest BCUT2D eigenvalue weighted by molar-refractivity contribution is 7.15. The molecule has 1 atom stereocenters. The van der Waals surface area contributed by atoms with Crippen LogP contribution in [0.1, 0.15) is 50.7 Å². The molecule has 1 heterocycles. The van der Waals surface area contributed by atoms with Crippen LogP contribution in [0.4, 0.5) is 18.3 Å². The van der Waals surface area contributed by atoms with Gasteiger partial charge in [0, 0.05) is 17.0 Å². The average molecular weight is 323 g/mol. The first-order valence-electron chi connectivity index (χ1n) is 7.19. The predicted molar refractivity (Wildman–Crippen MR) is 82.1 cm³/mol. The molecule has 1 N–H and O–H groups in total. The van der Waals surface area contributed by atoms with Gasteiger partial charge in [-0.15, -0.1) is 0 Å². The Kier molecular flexibility index (Phi) is 6.46. The molecule has 1 rings (SSSR count). The number of thiazole rings is 1. The first-order chi connectivity index (χ1) is 9.65. The molecule has 0 amide bonds. The quantitative estimate of drug-likeness (QED) is 0.811. The summed E-state index contributed by atoms with van der Waals surface area (Å²) in [5, 5.41) is 3.79. The summed E-state index contributed by atoms with van der Waals surface area (Å²) in [6, 6.07) is -0.139. The Morgan fingerprint density at radius 3 is 2.38 bits per heavy atom. The van der Waals surface area contributed by atoms with E-state index in [1.165, 1.54) is 16.2 Å². The van der Waals surface area contributed by atoms with Gasteiger partial charge in [-0.3, -0.25) is 0 Å². The maximum Gasteiger partial charge on any atom is 0.406 e. The fraction of sp³-hybridized carbons (Fsp3) is 0.786. The SMILES string of the molecule is CCCNC(C)c1sc(N(CC(F)(F)F)C(C)C)nc1C. The Labute approximate surface area is 128 Å². The predicted octanol–water partition coefficient (Wildman–Crippen LogP) is 4.29. The van der Waals surface area contributed by atoms with E-state index >= 15 is 0 Å². The van der Waals surface area contributed by atoms with Crippen LogP contribution in [-0.4, -0.2) is 30.3 Å². The lowest BCUT2D eigenvalue weighted by Crippen LogP contribution is -2.39. The molecule has 122 valence electrons. The minimum Gasteiger partial charge on any atom is -0.337 e. The molecule has 0 fully saturated rings. The average Bonchev–Trinajstić information content (AvgIpc) is 2.73. The van der Waals surface area contributed by atoms with Crippen molar-refractivity contribution in [2.24, 2.45) is 0 Å². The van der Waals surface area contributed by atoms with Crippen LogP contribution in [0.25, 0.3) is 0 Å². The topological polar surface area (TPSA) is 28.2 Å². The standard InChI is InChI=1S/C14H24F3N3S/c1-6-7-18-10(4)12-11(5)19-13(21-12)20(9(2)3)8-14(15,16)17/h9-10,18H,6-8H2,1-5H3. The van der Waals surface area contributed by atoms with Gasteiger partial charge in [0.1, 0.15) is 6.54 Å². The summed E-state index contributed by atoms with van der Waals surface area (Å²) in [5.74, 6) is 0. The minimum absolute atomic E-state index is 0.107. The van der Waals surface area contributed by atoms with Crippen molar-refractivity contribution in [3.05, 3.63) is 10.6 Å². The number of rotatable bonds is 7. The maximum atomic E-state index is 12.7. The third kappa shape index (κ3) is 5.47. The van der Waals surface area contributed by atoms with Gasteiger partial charge in [-0.05, 0) is 40.7 Å². The van der Waals surface area contributed by atoms with Gasteiger partial charge in [-0.25, -0.2) is 4.98 Å². The Morgan fingerprint density at radius 2 is 1.90 bits per heavy atom. The fourth-order valence-electron chi connectivity index (χ4n) is 2.04. The van der Waals surface area contributed by atoms with Gasteiger partial charge in [0.15, 0.2) is 5.13 Å². The summed E-state index contributed by atoms with van der Waals surface area (Å²) in [4.78, 5) is 6.67. The molecule has 0 spiro atoms. The smallest absolute Gasteiger partial charge is 0.337 e. The molecule has 0 saturated heterocycles. The number of alkyl halides is 3. The molecule has 1 unspecified atom stereocenters. The van der Waals surface area contributed by atoms with Crippen molar-refractivity contribution in [3.8, 4) is 0 Å². The second-order valence-electron chi connectivity index (χ2n) is 5.46. The third-order valence-corrected chi connectivity index (χ3v) is 4.51. The minimum atomic E-state index is -4.23. The Balaban J connectivity index is 2.96. The van der Waals surface area contributed by atoms with Crippen LogP contribution in [0, 0.1) is 6.92 Å². The highest BCUT2D eigenvalue weighted by Gasteiger charge is 2.33. The van der Waals surface area contributed by atoms with E-state index in [9.17, 15) is 13.2 Å². The van der Waals surface area contributed by atoms with Crippen molar-refractivity contribution >= 4 is 16.5 Å². The molecule has 0 aliphatic carbocycles. The number of nitrogens with zero attached hydrogens (tertiary/aromatic N) is 2. The molecule has 0 bridgehead atoms. The number of halogens is 3. The van der Waals surface area contributed by atoms with E-state index in [0.29, 0.717) is 5.13 Å². The highest BCUT2D eigenvalue weighted by atomic mass is 32.1. The zero-order valence-corrected chi connectivity index (χ0v) is 14.0. The van der Waals surface area contributed by atoms with Crippen LogP contribution >= 0.6 is 11.3 Å². The third-order valence-electron chi connectivity index (χ3n) is 3.13. The van der Waals surface area contributed by atoms with Gasteiger partial charge >= 0.3 is 6.18 Å². The zero-order chi connectivity index (χ0) is 16.2. The van der Waals surface area contributed by atoms with Gasteiger partial charge in [-0.1, -0.05) is 18.3 Å². The van der Waals surface area contributed by atoms with E-state index in [2.05, 4.69) is 17.2 Å². The van der Waals surface area contributed by atoms with Crippen molar-refractivity contribution in [3.63, 3.8) is 0 Å². The van der Waals surface area contributed by atoms with E-state index in [4.69, 9.17) is 0 Å². The van der Waals surface area contributed by atoms with Crippen molar-refractivity contribution < 1.29 is 13.2 Å². The number of hydrogen-bond donors (Lipinski definition) is 1. The number of aryl methyl sites for hydroxylation is 1. The van der Waals surface area contributed by atoms with Crippen LogP contribution in [0.3, 0.4) is 0 Å². The summed E-state index contributed by atoms with van der Waals surface area (Å²) in [7, 11) is 0. The lowest BCUT2D eigenvalue weighted by atomic mass is 10.2. The molecule has 0 radical (unpaired) electrons. The molecule has 1 aromatic heterocycles. The van der Waals surface area contributed by atoms with Crippen LogP contribution < -0.4 is 10.2 Å². The van der Waals surface area contributed by atoms with Gasteiger partial charge in [0.25, 0.3) is 0 Å². The van der Waals surface area contributed by atoms with Gasteiger partial charge in [0.2, 0.25) is 0 Å². The molecule has 0 aromatic carbocycles.